The van der Waals surface area contributed by atoms with Crippen LogP contribution in [0.2, 0.25) is 0 Å². The monoisotopic (exact) mass is 187 g/mol. The second kappa shape index (κ2) is 3.71. The number of nitriles is 1. The molecule has 0 aromatic heterocycles. The van der Waals surface area contributed by atoms with Gasteiger partial charge in [0.1, 0.15) is 5.75 Å². The number of aromatic hydroxyl groups is 1. The molecule has 2 heteroatoms. The topological polar surface area (TPSA) is 44.0 Å². The number of hydrogen-bond acceptors (Lipinski definition) is 2. The van der Waals surface area contributed by atoms with Crippen LogP contribution in [0.1, 0.15) is 24.0 Å². The van der Waals surface area contributed by atoms with Gasteiger partial charge >= 0.3 is 0 Å². The molecule has 1 aliphatic rings. The summed E-state index contributed by atoms with van der Waals surface area (Å²) in [5.41, 5.74) is 2.55. The van der Waals surface area contributed by atoms with Gasteiger partial charge < -0.3 is 5.11 Å². The number of phenolic OH excluding ortho intramolecular Hbond substituents is 1. The van der Waals surface area contributed by atoms with E-state index in [1.54, 1.807) is 6.07 Å². The molecule has 0 radical (unpaired) electrons. The summed E-state index contributed by atoms with van der Waals surface area (Å²) in [7, 11) is 0. The summed E-state index contributed by atoms with van der Waals surface area (Å²) in [4.78, 5) is 0. The average molecular weight is 187 g/mol. The summed E-state index contributed by atoms with van der Waals surface area (Å²) >= 11 is 0. The van der Waals surface area contributed by atoms with Crippen molar-refractivity contribution in [3.63, 3.8) is 0 Å². The highest BCUT2D eigenvalue weighted by Crippen LogP contribution is 2.29. The van der Waals surface area contributed by atoms with Crippen LogP contribution in [-0.2, 0) is 12.8 Å². The quantitative estimate of drug-likeness (QED) is 0.733. The molecular formula is C12H13NO. The van der Waals surface area contributed by atoms with Crippen molar-refractivity contribution in [3.05, 3.63) is 29.3 Å². The van der Waals surface area contributed by atoms with Crippen LogP contribution >= 0.6 is 0 Å². The lowest BCUT2D eigenvalue weighted by molar-refractivity contribution is 0.454. The van der Waals surface area contributed by atoms with E-state index >= 15 is 0 Å². The van der Waals surface area contributed by atoms with Gasteiger partial charge in [-0.3, -0.25) is 0 Å². The molecule has 0 aliphatic heterocycles. The van der Waals surface area contributed by atoms with Gasteiger partial charge in [0.15, 0.2) is 0 Å². The fraction of sp³-hybridized carbons (Fsp3) is 0.417. The standard InChI is InChI=1S/C12H13NO/c13-6-5-9-1-2-10-3-4-12(14)8-11(10)7-9/h3-4,8-9,14H,1-2,5,7H2. The molecule has 0 fully saturated rings. The van der Waals surface area contributed by atoms with Crippen LogP contribution < -0.4 is 0 Å². The van der Waals surface area contributed by atoms with E-state index in [2.05, 4.69) is 6.07 Å². The molecule has 0 saturated heterocycles. The van der Waals surface area contributed by atoms with Gasteiger partial charge in [-0.05, 0) is 48.4 Å². The molecule has 0 heterocycles. The number of phenols is 1. The van der Waals surface area contributed by atoms with Gasteiger partial charge in [0, 0.05) is 6.42 Å². The zero-order valence-corrected chi connectivity index (χ0v) is 8.03. The number of hydrogen-bond donors (Lipinski definition) is 1. The van der Waals surface area contributed by atoms with E-state index in [9.17, 15) is 5.11 Å². The number of nitrogens with zero attached hydrogens (tertiary/aromatic N) is 1. The minimum atomic E-state index is 0.335. The summed E-state index contributed by atoms with van der Waals surface area (Å²) < 4.78 is 0. The van der Waals surface area contributed by atoms with E-state index in [0.717, 1.165) is 19.3 Å². The lowest BCUT2D eigenvalue weighted by atomic mass is 9.82. The second-order valence-corrected chi connectivity index (χ2v) is 3.92. The Labute approximate surface area is 83.8 Å². The van der Waals surface area contributed by atoms with Crippen molar-refractivity contribution in [1.82, 2.24) is 0 Å². The molecule has 1 aromatic rings. The highest BCUT2D eigenvalue weighted by molar-refractivity contribution is 5.36. The predicted octanol–water partition coefficient (Wildman–Crippen LogP) is 2.41. The van der Waals surface area contributed by atoms with Gasteiger partial charge in [0.05, 0.1) is 6.07 Å². The van der Waals surface area contributed by atoms with Gasteiger partial charge in [0.2, 0.25) is 0 Å². The molecule has 0 amide bonds. The Morgan fingerprint density at radius 3 is 3.07 bits per heavy atom. The molecule has 0 spiro atoms. The predicted molar refractivity (Wildman–Crippen MR) is 53.9 cm³/mol. The van der Waals surface area contributed by atoms with Crippen molar-refractivity contribution in [3.8, 4) is 11.8 Å². The number of fused-ring (bicyclic) bond motifs is 1. The van der Waals surface area contributed by atoms with Gasteiger partial charge in [-0.25, -0.2) is 0 Å². The van der Waals surface area contributed by atoms with E-state index in [-0.39, 0.29) is 0 Å². The Kier molecular flexibility index (Phi) is 2.41. The Bertz CT molecular complexity index is 378. The van der Waals surface area contributed by atoms with Crippen molar-refractivity contribution in [2.24, 2.45) is 5.92 Å². The highest BCUT2D eigenvalue weighted by atomic mass is 16.3. The third-order valence-corrected chi connectivity index (χ3v) is 2.90. The zero-order chi connectivity index (χ0) is 9.97. The molecule has 1 N–H and O–H groups in total. The van der Waals surface area contributed by atoms with Crippen LogP contribution in [0.3, 0.4) is 0 Å². The first-order valence-electron chi connectivity index (χ1n) is 4.97. The van der Waals surface area contributed by atoms with E-state index < -0.39 is 0 Å². The SMILES string of the molecule is N#CCC1CCc2ccc(O)cc2C1. The van der Waals surface area contributed by atoms with Crippen LogP contribution in [0.15, 0.2) is 18.2 Å². The summed E-state index contributed by atoms with van der Waals surface area (Å²) in [6.07, 6.45) is 3.72. The largest absolute Gasteiger partial charge is 0.508 e. The smallest absolute Gasteiger partial charge is 0.115 e. The van der Waals surface area contributed by atoms with Crippen molar-refractivity contribution < 1.29 is 5.11 Å². The van der Waals surface area contributed by atoms with Gasteiger partial charge in [-0.1, -0.05) is 6.07 Å². The Hall–Kier alpha value is -1.49. The molecule has 1 aliphatic carbocycles. The molecule has 1 unspecified atom stereocenters. The minimum Gasteiger partial charge on any atom is -0.508 e. The molecule has 1 atom stereocenters. The lowest BCUT2D eigenvalue weighted by Crippen LogP contribution is -2.13. The van der Waals surface area contributed by atoms with Crippen LogP contribution in [0.5, 0.6) is 5.75 Å². The van der Waals surface area contributed by atoms with Crippen LogP contribution in [0.25, 0.3) is 0 Å². The molecule has 0 saturated carbocycles. The summed E-state index contributed by atoms with van der Waals surface area (Å²) in [6, 6.07) is 7.79. The van der Waals surface area contributed by atoms with Crippen molar-refractivity contribution in [2.45, 2.75) is 25.7 Å². The number of rotatable bonds is 1. The number of benzene rings is 1. The van der Waals surface area contributed by atoms with E-state index in [0.29, 0.717) is 18.1 Å². The molecular weight excluding hydrogens is 174 g/mol. The molecule has 72 valence electrons. The van der Waals surface area contributed by atoms with E-state index in [1.807, 2.05) is 12.1 Å². The maximum absolute atomic E-state index is 9.34. The maximum Gasteiger partial charge on any atom is 0.115 e. The highest BCUT2D eigenvalue weighted by Gasteiger charge is 2.18. The van der Waals surface area contributed by atoms with Crippen molar-refractivity contribution >= 4 is 0 Å². The van der Waals surface area contributed by atoms with Gasteiger partial charge in [0.25, 0.3) is 0 Å². The summed E-state index contributed by atoms with van der Waals surface area (Å²) in [5, 5.41) is 18.0. The van der Waals surface area contributed by atoms with Crippen molar-refractivity contribution in [1.29, 1.82) is 5.26 Å². The van der Waals surface area contributed by atoms with Crippen molar-refractivity contribution in [2.75, 3.05) is 0 Å². The third kappa shape index (κ3) is 1.72. The maximum atomic E-state index is 9.34. The first-order valence-corrected chi connectivity index (χ1v) is 4.97. The molecule has 0 bridgehead atoms. The number of aryl methyl sites for hydroxylation is 1. The Morgan fingerprint density at radius 1 is 1.43 bits per heavy atom. The van der Waals surface area contributed by atoms with Gasteiger partial charge in [-0.15, -0.1) is 0 Å². The fourth-order valence-electron chi connectivity index (χ4n) is 2.12. The molecule has 2 rings (SSSR count). The van der Waals surface area contributed by atoms with E-state index in [4.69, 9.17) is 5.26 Å². The Balaban J connectivity index is 2.21. The minimum absolute atomic E-state index is 0.335. The summed E-state index contributed by atoms with van der Waals surface area (Å²) in [5.74, 6) is 0.815. The molecule has 2 nitrogen and oxygen atoms in total. The van der Waals surface area contributed by atoms with E-state index in [1.165, 1.54) is 11.1 Å². The Morgan fingerprint density at radius 2 is 2.29 bits per heavy atom. The van der Waals surface area contributed by atoms with Crippen LogP contribution in [-0.4, -0.2) is 5.11 Å². The lowest BCUT2D eigenvalue weighted by Gasteiger charge is -2.22. The summed E-state index contributed by atoms with van der Waals surface area (Å²) in [6.45, 7) is 0. The first kappa shape index (κ1) is 9.08. The second-order valence-electron chi connectivity index (χ2n) is 3.92. The third-order valence-electron chi connectivity index (χ3n) is 2.90. The average Bonchev–Trinajstić information content (AvgIpc) is 2.17. The fourth-order valence-corrected chi connectivity index (χ4v) is 2.12. The molecule has 14 heavy (non-hydrogen) atoms. The van der Waals surface area contributed by atoms with Gasteiger partial charge in [-0.2, -0.15) is 5.26 Å². The normalized spacial score (nSPS) is 19.8. The zero-order valence-electron chi connectivity index (χ0n) is 8.03. The van der Waals surface area contributed by atoms with Crippen LogP contribution in [0.4, 0.5) is 0 Å². The first-order chi connectivity index (χ1) is 6.79. The molecule has 1 aromatic carbocycles. The van der Waals surface area contributed by atoms with Crippen LogP contribution in [0, 0.1) is 17.2 Å².